The van der Waals surface area contributed by atoms with Crippen LogP contribution in [0.1, 0.15) is 11.1 Å². The molecule has 2 aliphatic rings. The molecule has 0 unspecified atom stereocenters. The molecule has 2 heterocycles. The fourth-order valence-electron chi connectivity index (χ4n) is 3.55. The van der Waals surface area contributed by atoms with Crippen LogP contribution in [0.3, 0.4) is 0 Å². The zero-order valence-corrected chi connectivity index (χ0v) is 19.3. The Bertz CT molecular complexity index is 1080. The third-order valence-electron chi connectivity index (χ3n) is 5.58. The Kier molecular flexibility index (Phi) is 6.45. The lowest BCUT2D eigenvalue weighted by molar-refractivity contribution is -0.129. The van der Waals surface area contributed by atoms with Crippen molar-refractivity contribution >= 4 is 27.7 Å². The van der Waals surface area contributed by atoms with E-state index in [0.717, 1.165) is 4.90 Å². The van der Waals surface area contributed by atoms with Crippen LogP contribution in [0.4, 0.5) is 0 Å². The van der Waals surface area contributed by atoms with Crippen molar-refractivity contribution < 1.29 is 22.7 Å². The standard InChI is InChI=1S/C22H26N2O5S2/c1-16-3-4-18(13-17(16)2)30-15-22(25)23-7-9-24(10-8-23)31(26,27)19-5-6-20-21(14-19)29-12-11-28-20/h3-6,13-14H,7-12,15H2,1-2H3. The summed E-state index contributed by atoms with van der Waals surface area (Å²) < 4.78 is 38.5. The van der Waals surface area contributed by atoms with Crippen LogP contribution < -0.4 is 9.47 Å². The number of thioether (sulfide) groups is 1. The number of carbonyl (C=O) groups is 1. The summed E-state index contributed by atoms with van der Waals surface area (Å²) in [5, 5.41) is 0. The molecular formula is C22H26N2O5S2. The number of fused-ring (bicyclic) bond motifs is 1. The van der Waals surface area contributed by atoms with Gasteiger partial charge in [0.2, 0.25) is 15.9 Å². The molecule has 7 nitrogen and oxygen atoms in total. The van der Waals surface area contributed by atoms with Gasteiger partial charge in [-0.3, -0.25) is 4.79 Å². The topological polar surface area (TPSA) is 76.2 Å². The summed E-state index contributed by atoms with van der Waals surface area (Å²) >= 11 is 1.51. The molecule has 166 valence electrons. The monoisotopic (exact) mass is 462 g/mol. The van der Waals surface area contributed by atoms with Crippen LogP contribution in [0.15, 0.2) is 46.2 Å². The molecule has 0 radical (unpaired) electrons. The van der Waals surface area contributed by atoms with E-state index in [1.807, 2.05) is 6.07 Å². The third kappa shape index (κ3) is 4.83. The predicted octanol–water partition coefficient (Wildman–Crippen LogP) is 2.70. The molecule has 31 heavy (non-hydrogen) atoms. The lowest BCUT2D eigenvalue weighted by Crippen LogP contribution is -2.50. The van der Waals surface area contributed by atoms with Gasteiger partial charge in [-0.2, -0.15) is 4.31 Å². The minimum atomic E-state index is -3.65. The minimum absolute atomic E-state index is 0.0274. The summed E-state index contributed by atoms with van der Waals surface area (Å²) in [5.74, 6) is 1.38. The third-order valence-corrected chi connectivity index (χ3v) is 8.46. The highest BCUT2D eigenvalue weighted by Crippen LogP contribution is 2.33. The van der Waals surface area contributed by atoms with Crippen LogP contribution in [0, 0.1) is 13.8 Å². The fraction of sp³-hybridized carbons (Fsp3) is 0.409. The summed E-state index contributed by atoms with van der Waals surface area (Å²) in [5.41, 5.74) is 2.43. The number of ether oxygens (including phenoxy) is 2. The van der Waals surface area contributed by atoms with E-state index in [1.165, 1.54) is 33.3 Å². The number of hydrogen-bond donors (Lipinski definition) is 0. The number of carbonyl (C=O) groups excluding carboxylic acids is 1. The molecule has 0 N–H and O–H groups in total. The highest BCUT2D eigenvalue weighted by atomic mass is 32.2. The Morgan fingerprint density at radius 1 is 0.935 bits per heavy atom. The average Bonchev–Trinajstić information content (AvgIpc) is 2.79. The first kappa shape index (κ1) is 22.0. The van der Waals surface area contributed by atoms with Gasteiger partial charge >= 0.3 is 0 Å². The maximum atomic E-state index is 13.0. The molecule has 2 aromatic carbocycles. The van der Waals surface area contributed by atoms with Crippen LogP contribution >= 0.6 is 11.8 Å². The van der Waals surface area contributed by atoms with Crippen LogP contribution in [0.2, 0.25) is 0 Å². The predicted molar refractivity (Wildman–Crippen MR) is 119 cm³/mol. The van der Waals surface area contributed by atoms with Gasteiger partial charge in [-0.05, 0) is 49.2 Å². The molecule has 0 bridgehead atoms. The second kappa shape index (κ2) is 9.10. The number of rotatable bonds is 5. The van der Waals surface area contributed by atoms with Gasteiger partial charge in [-0.15, -0.1) is 11.8 Å². The summed E-state index contributed by atoms with van der Waals surface area (Å²) in [4.78, 5) is 15.6. The van der Waals surface area contributed by atoms with Crippen molar-refractivity contribution in [3.63, 3.8) is 0 Å². The molecule has 2 aromatic rings. The maximum absolute atomic E-state index is 13.0. The molecule has 1 fully saturated rings. The first-order chi connectivity index (χ1) is 14.8. The van der Waals surface area contributed by atoms with Gasteiger partial charge in [0, 0.05) is 37.1 Å². The molecule has 1 amide bonds. The minimum Gasteiger partial charge on any atom is -0.486 e. The van der Waals surface area contributed by atoms with Crippen LogP contribution in [-0.2, 0) is 14.8 Å². The average molecular weight is 463 g/mol. The van der Waals surface area contributed by atoms with Gasteiger partial charge < -0.3 is 14.4 Å². The molecule has 0 spiro atoms. The molecule has 0 atom stereocenters. The summed E-state index contributed by atoms with van der Waals surface area (Å²) in [6.07, 6.45) is 0. The number of sulfonamides is 1. The fourth-order valence-corrected chi connectivity index (χ4v) is 5.89. The van der Waals surface area contributed by atoms with Crippen molar-refractivity contribution in [2.45, 2.75) is 23.6 Å². The summed E-state index contributed by atoms with van der Waals surface area (Å²) in [6, 6.07) is 10.9. The van der Waals surface area contributed by atoms with Crippen LogP contribution in [-0.4, -0.2) is 68.7 Å². The highest BCUT2D eigenvalue weighted by Gasteiger charge is 2.31. The van der Waals surface area contributed by atoms with Crippen molar-refractivity contribution in [2.24, 2.45) is 0 Å². The Labute approximate surface area is 187 Å². The number of amides is 1. The van der Waals surface area contributed by atoms with Crippen molar-refractivity contribution in [1.82, 2.24) is 9.21 Å². The Balaban J connectivity index is 1.34. The maximum Gasteiger partial charge on any atom is 0.243 e. The van der Waals surface area contributed by atoms with E-state index in [-0.39, 0.29) is 23.9 Å². The van der Waals surface area contributed by atoms with Gasteiger partial charge in [0.1, 0.15) is 13.2 Å². The van der Waals surface area contributed by atoms with E-state index in [1.54, 1.807) is 17.0 Å². The Morgan fingerprint density at radius 2 is 1.65 bits per heavy atom. The lowest BCUT2D eigenvalue weighted by Gasteiger charge is -2.34. The molecule has 0 aliphatic carbocycles. The Morgan fingerprint density at radius 3 is 2.35 bits per heavy atom. The zero-order valence-electron chi connectivity index (χ0n) is 17.7. The zero-order chi connectivity index (χ0) is 22.0. The largest absolute Gasteiger partial charge is 0.486 e. The molecular weight excluding hydrogens is 436 g/mol. The van der Waals surface area contributed by atoms with Gasteiger partial charge in [0.25, 0.3) is 0 Å². The van der Waals surface area contributed by atoms with Gasteiger partial charge in [0.05, 0.1) is 10.6 Å². The molecule has 9 heteroatoms. The normalized spacial score (nSPS) is 16.9. The van der Waals surface area contributed by atoms with Crippen LogP contribution in [0.25, 0.3) is 0 Å². The molecule has 0 aromatic heterocycles. The molecule has 0 saturated carbocycles. The van der Waals surface area contributed by atoms with Gasteiger partial charge in [-0.1, -0.05) is 6.07 Å². The van der Waals surface area contributed by atoms with E-state index in [9.17, 15) is 13.2 Å². The highest BCUT2D eigenvalue weighted by molar-refractivity contribution is 8.00. The first-order valence-electron chi connectivity index (χ1n) is 10.2. The van der Waals surface area contributed by atoms with Crippen molar-refractivity contribution in [3.8, 4) is 11.5 Å². The quantitative estimate of drug-likeness (QED) is 0.636. The van der Waals surface area contributed by atoms with E-state index < -0.39 is 10.0 Å². The van der Waals surface area contributed by atoms with E-state index in [0.29, 0.717) is 43.6 Å². The molecule has 2 aliphatic heterocycles. The van der Waals surface area contributed by atoms with Crippen molar-refractivity contribution in [1.29, 1.82) is 0 Å². The van der Waals surface area contributed by atoms with E-state index in [2.05, 4.69) is 26.0 Å². The van der Waals surface area contributed by atoms with Gasteiger partial charge in [0.15, 0.2) is 11.5 Å². The van der Waals surface area contributed by atoms with Crippen molar-refractivity contribution in [2.75, 3.05) is 45.1 Å². The number of hydrogen-bond acceptors (Lipinski definition) is 6. The van der Waals surface area contributed by atoms with E-state index in [4.69, 9.17) is 9.47 Å². The second-order valence-electron chi connectivity index (χ2n) is 7.63. The first-order valence-corrected chi connectivity index (χ1v) is 12.6. The summed E-state index contributed by atoms with van der Waals surface area (Å²) in [7, 11) is -3.65. The van der Waals surface area contributed by atoms with Gasteiger partial charge in [-0.25, -0.2) is 8.42 Å². The Hall–Kier alpha value is -2.23. The lowest BCUT2D eigenvalue weighted by atomic mass is 10.1. The molecule has 4 rings (SSSR count). The van der Waals surface area contributed by atoms with E-state index >= 15 is 0 Å². The van der Waals surface area contributed by atoms with Crippen molar-refractivity contribution in [3.05, 3.63) is 47.5 Å². The number of aryl methyl sites for hydroxylation is 2. The smallest absolute Gasteiger partial charge is 0.243 e. The second-order valence-corrected chi connectivity index (χ2v) is 10.6. The van der Waals surface area contributed by atoms with Crippen LogP contribution in [0.5, 0.6) is 11.5 Å². The molecule has 1 saturated heterocycles. The summed E-state index contributed by atoms with van der Waals surface area (Å²) in [6.45, 7) is 6.30. The number of nitrogens with zero attached hydrogens (tertiary/aromatic N) is 2. The SMILES string of the molecule is Cc1ccc(SCC(=O)N2CCN(S(=O)(=O)c3ccc4c(c3)OCCO4)CC2)cc1C. The number of benzene rings is 2. The number of piperazine rings is 1.